The maximum Gasteiger partial charge on any atom is 0.267 e. The predicted octanol–water partition coefficient (Wildman–Crippen LogP) is 6.15. The van der Waals surface area contributed by atoms with E-state index in [9.17, 15) is 4.79 Å². The molecule has 2 aromatic carbocycles. The van der Waals surface area contributed by atoms with Gasteiger partial charge in [0.05, 0.1) is 10.9 Å². The number of rotatable bonds is 2. The number of thioether (sulfide) groups is 1. The highest BCUT2D eigenvalue weighted by Gasteiger charge is 2.42. The summed E-state index contributed by atoms with van der Waals surface area (Å²) in [6.45, 7) is 2.02. The van der Waals surface area contributed by atoms with E-state index in [1.807, 2.05) is 73.0 Å². The molecule has 2 aliphatic heterocycles. The van der Waals surface area contributed by atoms with Crippen LogP contribution < -0.4 is 4.74 Å². The lowest BCUT2D eigenvalue weighted by Gasteiger charge is -2.34. The van der Waals surface area contributed by atoms with Crippen LogP contribution in [0.5, 0.6) is 11.5 Å². The molecule has 3 heterocycles. The maximum atomic E-state index is 13.4. The van der Waals surface area contributed by atoms with Crippen LogP contribution in [0.4, 0.5) is 0 Å². The topological polar surface area (TPSA) is 29.5 Å². The summed E-state index contributed by atoms with van der Waals surface area (Å²) in [5, 5.41) is 2.00. The largest absolute Gasteiger partial charge is 0.456 e. The molecule has 0 radical (unpaired) electrons. The first kappa shape index (κ1) is 17.7. The quantitative estimate of drug-likeness (QED) is 0.366. The molecule has 1 saturated heterocycles. The van der Waals surface area contributed by atoms with Crippen molar-refractivity contribution in [2.45, 2.75) is 13.0 Å². The highest BCUT2D eigenvalue weighted by molar-refractivity contribution is 8.26. The summed E-state index contributed by atoms with van der Waals surface area (Å²) in [5.41, 5.74) is 2.96. The predicted molar refractivity (Wildman–Crippen MR) is 119 cm³/mol. The van der Waals surface area contributed by atoms with Crippen LogP contribution in [-0.4, -0.2) is 15.1 Å². The fourth-order valence-corrected chi connectivity index (χ4v) is 5.63. The van der Waals surface area contributed by atoms with Crippen molar-refractivity contribution in [3.8, 4) is 11.5 Å². The molecule has 0 unspecified atom stereocenters. The summed E-state index contributed by atoms with van der Waals surface area (Å²) in [5.74, 6) is 1.52. The standard InChI is InChI=1S/C22H15NO2S3/c1-13-6-4-9-16-19(15-8-2-3-10-17(15)25-20(13)16)23-21(24)18(28-22(23)26)12-14-7-5-11-27-14/h2-12,19H,1H3/b18-12+/t19-/m1/s1. The molecule has 3 nitrogen and oxygen atoms in total. The minimum Gasteiger partial charge on any atom is -0.456 e. The van der Waals surface area contributed by atoms with Crippen LogP contribution >= 0.6 is 35.3 Å². The highest BCUT2D eigenvalue weighted by Crippen LogP contribution is 2.50. The number of thiocarbonyl (C=S) groups is 1. The molecule has 1 aromatic heterocycles. The number of hydrogen-bond acceptors (Lipinski definition) is 5. The number of hydrogen-bond donors (Lipinski definition) is 0. The van der Waals surface area contributed by atoms with E-state index in [2.05, 4.69) is 0 Å². The Morgan fingerprint density at radius 1 is 1.07 bits per heavy atom. The molecule has 5 rings (SSSR count). The molecule has 28 heavy (non-hydrogen) atoms. The number of carbonyl (C=O) groups is 1. The first-order chi connectivity index (χ1) is 13.6. The SMILES string of the molecule is Cc1cccc2c1Oc1ccccc1[C@H]2N1C(=O)/C(=C\c2cccs2)SC1=S. The number of ether oxygens (including phenoxy) is 1. The molecule has 0 aliphatic carbocycles. The van der Waals surface area contributed by atoms with Gasteiger partial charge in [0.15, 0.2) is 0 Å². The average molecular weight is 422 g/mol. The number of benzene rings is 2. The van der Waals surface area contributed by atoms with E-state index < -0.39 is 0 Å². The highest BCUT2D eigenvalue weighted by atomic mass is 32.2. The second kappa shape index (κ2) is 6.88. The summed E-state index contributed by atoms with van der Waals surface area (Å²) in [7, 11) is 0. The third-order valence-corrected chi connectivity index (χ3v) is 7.01. The second-order valence-electron chi connectivity index (χ2n) is 6.60. The van der Waals surface area contributed by atoms with E-state index in [1.165, 1.54) is 11.8 Å². The van der Waals surface area contributed by atoms with Crippen LogP contribution in [0.15, 0.2) is 64.9 Å². The van der Waals surface area contributed by atoms with E-state index in [4.69, 9.17) is 17.0 Å². The van der Waals surface area contributed by atoms with Gasteiger partial charge in [-0.15, -0.1) is 11.3 Å². The van der Waals surface area contributed by atoms with Crippen LogP contribution in [0.3, 0.4) is 0 Å². The number of aryl methyl sites for hydroxylation is 1. The zero-order chi connectivity index (χ0) is 19.3. The third kappa shape index (κ3) is 2.80. The van der Waals surface area contributed by atoms with Crippen molar-refractivity contribution in [3.63, 3.8) is 0 Å². The molecule has 1 amide bonds. The number of amides is 1. The van der Waals surface area contributed by atoms with Gasteiger partial charge in [0.25, 0.3) is 5.91 Å². The number of carbonyl (C=O) groups excluding carboxylic acids is 1. The summed E-state index contributed by atoms with van der Waals surface area (Å²) in [6, 6.07) is 17.6. The summed E-state index contributed by atoms with van der Waals surface area (Å²) < 4.78 is 6.75. The van der Waals surface area contributed by atoms with E-state index in [0.717, 1.165) is 33.1 Å². The zero-order valence-corrected chi connectivity index (χ0v) is 17.4. The third-order valence-electron chi connectivity index (χ3n) is 4.86. The van der Waals surface area contributed by atoms with Crippen molar-refractivity contribution < 1.29 is 9.53 Å². The molecule has 138 valence electrons. The molecule has 2 aliphatic rings. The smallest absolute Gasteiger partial charge is 0.267 e. The van der Waals surface area contributed by atoms with Gasteiger partial charge in [-0.1, -0.05) is 66.4 Å². The molecular formula is C22H15NO2S3. The molecule has 3 aromatic rings. The van der Waals surface area contributed by atoms with Gasteiger partial charge in [0.1, 0.15) is 15.8 Å². The number of nitrogens with zero attached hydrogens (tertiary/aromatic N) is 1. The first-order valence-electron chi connectivity index (χ1n) is 8.80. The molecule has 1 atom stereocenters. The Kier molecular flexibility index (Phi) is 4.34. The van der Waals surface area contributed by atoms with Gasteiger partial charge in [0, 0.05) is 16.0 Å². The second-order valence-corrected chi connectivity index (χ2v) is 9.26. The number of para-hydroxylation sites is 2. The van der Waals surface area contributed by atoms with E-state index in [0.29, 0.717) is 9.23 Å². The summed E-state index contributed by atoms with van der Waals surface area (Å²) >= 11 is 8.62. The van der Waals surface area contributed by atoms with Crippen LogP contribution in [0.2, 0.25) is 0 Å². The van der Waals surface area contributed by atoms with Gasteiger partial charge < -0.3 is 4.74 Å². The molecule has 0 saturated carbocycles. The van der Waals surface area contributed by atoms with Crippen molar-refractivity contribution >= 4 is 51.6 Å². The fraction of sp³-hybridized carbons (Fsp3) is 0.0909. The van der Waals surface area contributed by atoms with E-state index in [-0.39, 0.29) is 11.9 Å². The van der Waals surface area contributed by atoms with Crippen molar-refractivity contribution in [2.24, 2.45) is 0 Å². The van der Waals surface area contributed by atoms with Gasteiger partial charge in [-0.2, -0.15) is 0 Å². The molecule has 0 spiro atoms. The Hall–Kier alpha value is -2.41. The first-order valence-corrected chi connectivity index (χ1v) is 10.9. The van der Waals surface area contributed by atoms with Gasteiger partial charge in [-0.25, -0.2) is 0 Å². The Morgan fingerprint density at radius 2 is 1.89 bits per heavy atom. The fourth-order valence-electron chi connectivity index (χ4n) is 3.59. The Balaban J connectivity index is 1.64. The van der Waals surface area contributed by atoms with Crippen molar-refractivity contribution in [2.75, 3.05) is 0 Å². The van der Waals surface area contributed by atoms with Crippen LogP contribution in [0.25, 0.3) is 6.08 Å². The maximum absolute atomic E-state index is 13.4. The molecule has 0 bridgehead atoms. The van der Waals surface area contributed by atoms with Gasteiger partial charge in [-0.3, -0.25) is 9.69 Å². The summed E-state index contributed by atoms with van der Waals surface area (Å²) in [4.78, 5) is 16.8. The van der Waals surface area contributed by atoms with Crippen LogP contribution in [-0.2, 0) is 4.79 Å². The number of fused-ring (bicyclic) bond motifs is 2. The van der Waals surface area contributed by atoms with Gasteiger partial charge in [0.2, 0.25) is 0 Å². The number of thiophene rings is 1. The zero-order valence-electron chi connectivity index (χ0n) is 14.9. The Labute approximate surface area is 176 Å². The van der Waals surface area contributed by atoms with Crippen molar-refractivity contribution in [3.05, 3.63) is 86.5 Å². The van der Waals surface area contributed by atoms with E-state index in [1.54, 1.807) is 16.2 Å². The van der Waals surface area contributed by atoms with Crippen molar-refractivity contribution in [1.82, 2.24) is 4.90 Å². The van der Waals surface area contributed by atoms with Crippen molar-refractivity contribution in [1.29, 1.82) is 0 Å². The Bertz CT molecular complexity index is 1130. The molecule has 6 heteroatoms. The normalized spacial score (nSPS) is 19.5. The minimum atomic E-state index is -0.290. The van der Waals surface area contributed by atoms with E-state index >= 15 is 0 Å². The molecule has 1 fully saturated rings. The lowest BCUT2D eigenvalue weighted by atomic mass is 9.92. The monoisotopic (exact) mass is 421 g/mol. The lowest BCUT2D eigenvalue weighted by molar-refractivity contribution is -0.123. The Morgan fingerprint density at radius 3 is 2.71 bits per heavy atom. The van der Waals surface area contributed by atoms with Crippen LogP contribution in [0.1, 0.15) is 27.6 Å². The molecule has 0 N–H and O–H groups in total. The van der Waals surface area contributed by atoms with Gasteiger partial charge in [-0.05, 0) is 36.1 Å². The summed E-state index contributed by atoms with van der Waals surface area (Å²) in [6.07, 6.45) is 1.92. The lowest BCUT2D eigenvalue weighted by Crippen LogP contribution is -2.35. The average Bonchev–Trinajstić information content (AvgIpc) is 3.30. The van der Waals surface area contributed by atoms with Crippen LogP contribution in [0, 0.1) is 6.92 Å². The molecular weight excluding hydrogens is 406 g/mol. The minimum absolute atomic E-state index is 0.0578. The van der Waals surface area contributed by atoms with Gasteiger partial charge >= 0.3 is 0 Å².